The number of rotatable bonds is 5. The third-order valence-electron chi connectivity index (χ3n) is 4.39. The third-order valence-corrected chi connectivity index (χ3v) is 5.28. The molecule has 0 radical (unpaired) electrons. The number of anilines is 1. The number of thiophene rings is 1. The molecule has 1 aromatic carbocycles. The van der Waals surface area contributed by atoms with E-state index in [9.17, 15) is 9.59 Å². The molecule has 0 saturated carbocycles. The van der Waals surface area contributed by atoms with Crippen LogP contribution in [0.15, 0.2) is 46.6 Å². The molecule has 4 rings (SSSR count). The van der Waals surface area contributed by atoms with Crippen LogP contribution in [0.5, 0.6) is 11.5 Å². The van der Waals surface area contributed by atoms with E-state index in [0.29, 0.717) is 17.2 Å². The van der Waals surface area contributed by atoms with Crippen molar-refractivity contribution in [2.45, 2.75) is 19.5 Å². The normalized spacial score (nSPS) is 13.3. The van der Waals surface area contributed by atoms with E-state index < -0.39 is 11.6 Å². The number of carbonyl (C=O) groups is 1. The molecule has 3 aromatic rings. The van der Waals surface area contributed by atoms with Gasteiger partial charge in [-0.25, -0.2) is 4.68 Å². The van der Waals surface area contributed by atoms with Crippen LogP contribution in [0.4, 0.5) is 5.69 Å². The molecule has 0 spiro atoms. The van der Waals surface area contributed by atoms with Crippen molar-refractivity contribution < 1.29 is 14.3 Å². The van der Waals surface area contributed by atoms with E-state index in [2.05, 4.69) is 10.4 Å². The molecule has 1 atom stereocenters. The van der Waals surface area contributed by atoms with E-state index in [4.69, 9.17) is 15.2 Å². The Hall–Kier alpha value is -3.33. The van der Waals surface area contributed by atoms with Crippen LogP contribution in [-0.4, -0.2) is 22.5 Å². The summed E-state index contributed by atoms with van der Waals surface area (Å²) >= 11 is 1.48. The van der Waals surface area contributed by atoms with E-state index >= 15 is 0 Å². The monoisotopic (exact) mass is 398 g/mol. The molecule has 28 heavy (non-hydrogen) atoms. The van der Waals surface area contributed by atoms with Gasteiger partial charge in [0.05, 0.1) is 4.88 Å². The highest BCUT2D eigenvalue weighted by atomic mass is 32.1. The van der Waals surface area contributed by atoms with Gasteiger partial charge in [-0.05, 0) is 42.1 Å². The van der Waals surface area contributed by atoms with Gasteiger partial charge in [-0.15, -0.1) is 11.3 Å². The van der Waals surface area contributed by atoms with Crippen LogP contribution >= 0.6 is 11.3 Å². The van der Waals surface area contributed by atoms with Crippen molar-refractivity contribution in [3.05, 3.63) is 57.7 Å². The highest BCUT2D eigenvalue weighted by Gasteiger charge is 2.20. The number of fused-ring (bicyclic) bond motifs is 1. The van der Waals surface area contributed by atoms with Gasteiger partial charge in [-0.1, -0.05) is 12.1 Å². The quantitative estimate of drug-likeness (QED) is 0.682. The van der Waals surface area contributed by atoms with Gasteiger partial charge < -0.3 is 20.5 Å². The van der Waals surface area contributed by atoms with E-state index in [0.717, 1.165) is 15.1 Å². The van der Waals surface area contributed by atoms with Crippen molar-refractivity contribution in [1.82, 2.24) is 15.1 Å². The zero-order valence-corrected chi connectivity index (χ0v) is 15.9. The fourth-order valence-electron chi connectivity index (χ4n) is 2.84. The van der Waals surface area contributed by atoms with Crippen molar-refractivity contribution in [2.75, 3.05) is 12.5 Å². The van der Waals surface area contributed by atoms with Crippen LogP contribution < -0.4 is 26.1 Å². The van der Waals surface area contributed by atoms with Crippen LogP contribution in [0.3, 0.4) is 0 Å². The topological polar surface area (TPSA) is 108 Å². The number of nitrogens with zero attached hydrogens (tertiary/aromatic N) is 2. The second-order valence-corrected chi connectivity index (χ2v) is 7.24. The molecule has 1 unspecified atom stereocenters. The summed E-state index contributed by atoms with van der Waals surface area (Å²) in [5, 5.41) is 9.06. The largest absolute Gasteiger partial charge is 0.454 e. The molecule has 2 aromatic heterocycles. The van der Waals surface area contributed by atoms with E-state index in [1.165, 1.54) is 17.4 Å². The average Bonchev–Trinajstić information content (AvgIpc) is 3.39. The number of nitrogens with one attached hydrogen (secondary N) is 1. The SMILES string of the molecule is CC(C(=O)NCc1ccc2c(c1)OCO2)n1nc(-c2cccs2)cc(N)c1=O. The number of nitrogen functional groups attached to an aromatic ring is 1. The smallest absolute Gasteiger partial charge is 0.290 e. The predicted molar refractivity (Wildman–Crippen MR) is 105 cm³/mol. The maximum Gasteiger partial charge on any atom is 0.290 e. The first-order valence-corrected chi connectivity index (χ1v) is 9.50. The number of aromatic nitrogens is 2. The standard InChI is InChI=1S/C19H18N4O4S/c1-11(18(24)21-9-12-4-5-15-16(7-12)27-10-26-15)23-19(25)13(20)8-14(22-23)17-3-2-6-28-17/h2-8,11H,9-10,20H2,1H3,(H,21,24). The molecule has 9 heteroatoms. The Morgan fingerprint density at radius 1 is 1.32 bits per heavy atom. The molecule has 144 valence electrons. The first kappa shape index (κ1) is 18.1. The summed E-state index contributed by atoms with van der Waals surface area (Å²) in [6.45, 7) is 2.09. The van der Waals surface area contributed by atoms with Gasteiger partial charge in [-0.2, -0.15) is 5.10 Å². The Morgan fingerprint density at radius 3 is 2.93 bits per heavy atom. The maximum atomic E-state index is 12.6. The molecular weight excluding hydrogens is 380 g/mol. The number of hydrogen-bond acceptors (Lipinski definition) is 7. The Kier molecular flexibility index (Phi) is 4.74. The van der Waals surface area contributed by atoms with Crippen LogP contribution in [0.25, 0.3) is 10.6 Å². The van der Waals surface area contributed by atoms with Gasteiger partial charge in [0.2, 0.25) is 12.7 Å². The maximum absolute atomic E-state index is 12.6. The van der Waals surface area contributed by atoms with Crippen LogP contribution in [0.1, 0.15) is 18.5 Å². The Labute approximate surface area is 164 Å². The number of amides is 1. The first-order chi connectivity index (χ1) is 13.5. The lowest BCUT2D eigenvalue weighted by molar-refractivity contribution is -0.124. The summed E-state index contributed by atoms with van der Waals surface area (Å²) in [7, 11) is 0. The molecule has 0 fully saturated rings. The second kappa shape index (κ2) is 7.35. The number of ether oxygens (including phenoxy) is 2. The van der Waals surface area contributed by atoms with E-state index in [1.54, 1.807) is 13.0 Å². The highest BCUT2D eigenvalue weighted by molar-refractivity contribution is 7.13. The molecule has 0 saturated heterocycles. The summed E-state index contributed by atoms with van der Waals surface area (Å²) in [4.78, 5) is 25.9. The van der Waals surface area contributed by atoms with Crippen molar-refractivity contribution in [3.63, 3.8) is 0 Å². The predicted octanol–water partition coefficient (Wildman–Crippen LogP) is 2.16. The fraction of sp³-hybridized carbons (Fsp3) is 0.211. The summed E-state index contributed by atoms with van der Waals surface area (Å²) in [6.07, 6.45) is 0. The molecule has 1 aliphatic rings. The third kappa shape index (κ3) is 3.44. The molecule has 1 amide bonds. The number of nitrogens with two attached hydrogens (primary N) is 1. The molecular formula is C19H18N4O4S. The lowest BCUT2D eigenvalue weighted by atomic mass is 10.2. The minimum Gasteiger partial charge on any atom is -0.454 e. The van der Waals surface area contributed by atoms with Crippen molar-refractivity contribution in [2.24, 2.45) is 0 Å². The van der Waals surface area contributed by atoms with Gasteiger partial charge >= 0.3 is 0 Å². The van der Waals surface area contributed by atoms with Crippen LogP contribution in [-0.2, 0) is 11.3 Å². The van der Waals surface area contributed by atoms with E-state index in [-0.39, 0.29) is 24.9 Å². The summed E-state index contributed by atoms with van der Waals surface area (Å²) in [6, 6.07) is 9.93. The lowest BCUT2D eigenvalue weighted by Gasteiger charge is -2.15. The first-order valence-electron chi connectivity index (χ1n) is 8.62. The lowest BCUT2D eigenvalue weighted by Crippen LogP contribution is -2.37. The number of hydrogen-bond donors (Lipinski definition) is 2. The molecule has 0 aliphatic carbocycles. The minimum absolute atomic E-state index is 0.0498. The number of carbonyl (C=O) groups excluding carboxylic acids is 1. The summed E-state index contributed by atoms with van der Waals surface area (Å²) in [5.41, 5.74) is 6.83. The molecule has 3 heterocycles. The van der Waals surface area contributed by atoms with Crippen LogP contribution in [0, 0.1) is 0 Å². The Morgan fingerprint density at radius 2 is 2.14 bits per heavy atom. The van der Waals surface area contributed by atoms with Crippen molar-refractivity contribution in [3.8, 4) is 22.1 Å². The van der Waals surface area contributed by atoms with Crippen molar-refractivity contribution in [1.29, 1.82) is 0 Å². The van der Waals surface area contributed by atoms with Crippen LogP contribution in [0.2, 0.25) is 0 Å². The van der Waals surface area contributed by atoms with Gasteiger partial charge in [-0.3, -0.25) is 9.59 Å². The Bertz CT molecular complexity index is 1080. The second-order valence-electron chi connectivity index (χ2n) is 6.29. The van der Waals surface area contributed by atoms with Gasteiger partial charge in [0.15, 0.2) is 11.5 Å². The molecule has 3 N–H and O–H groups in total. The highest BCUT2D eigenvalue weighted by Crippen LogP contribution is 2.32. The summed E-state index contributed by atoms with van der Waals surface area (Å²) < 4.78 is 11.7. The van der Waals surface area contributed by atoms with Gasteiger partial charge in [0, 0.05) is 6.54 Å². The van der Waals surface area contributed by atoms with Gasteiger partial charge in [0.25, 0.3) is 5.56 Å². The minimum atomic E-state index is -0.816. The molecule has 8 nitrogen and oxygen atoms in total. The molecule has 1 aliphatic heterocycles. The zero-order chi connectivity index (χ0) is 19.7. The summed E-state index contributed by atoms with van der Waals surface area (Å²) in [5.74, 6) is 0.990. The average molecular weight is 398 g/mol. The molecule has 0 bridgehead atoms. The van der Waals surface area contributed by atoms with Gasteiger partial charge in [0.1, 0.15) is 17.4 Å². The number of benzene rings is 1. The zero-order valence-electron chi connectivity index (χ0n) is 15.0. The van der Waals surface area contributed by atoms with E-state index in [1.807, 2.05) is 29.6 Å². The fourth-order valence-corrected chi connectivity index (χ4v) is 3.52. The Balaban J connectivity index is 1.51. The van der Waals surface area contributed by atoms with Crippen molar-refractivity contribution >= 4 is 22.9 Å².